The van der Waals surface area contributed by atoms with Crippen molar-refractivity contribution in [3.05, 3.63) is 65.0 Å². The minimum absolute atomic E-state index is 0.0199. The number of nitrogens with zero attached hydrogens (tertiary/aromatic N) is 3. The van der Waals surface area contributed by atoms with Gasteiger partial charge in [0, 0.05) is 31.0 Å². The Balaban J connectivity index is 2.10. The molecule has 1 unspecified atom stereocenters. The van der Waals surface area contributed by atoms with Gasteiger partial charge < -0.3 is 19.6 Å². The number of aliphatic hydroxyl groups excluding tert-OH is 1. The second-order valence-corrected chi connectivity index (χ2v) is 8.23. The number of amides is 1. The summed E-state index contributed by atoms with van der Waals surface area (Å²) in [7, 11) is 3.81. The lowest BCUT2D eigenvalue weighted by Crippen LogP contribution is -2.35. The number of Topliss-reactive ketones (excluding diaryl/α,β-unsaturated/α-hetero) is 1. The number of ether oxygens (including phenoxy) is 1. The fourth-order valence-electron chi connectivity index (χ4n) is 3.70. The highest BCUT2D eigenvalue weighted by atomic mass is 16.5. The van der Waals surface area contributed by atoms with Crippen LogP contribution in [-0.2, 0) is 9.59 Å². The molecule has 1 saturated heterocycles. The number of aliphatic hydroxyl groups is 1. The van der Waals surface area contributed by atoms with Crippen LogP contribution >= 0.6 is 0 Å². The van der Waals surface area contributed by atoms with Crippen LogP contribution in [0.25, 0.3) is 5.76 Å². The van der Waals surface area contributed by atoms with Crippen molar-refractivity contribution in [1.29, 1.82) is 0 Å². The number of carbonyl (C=O) groups is 2. The maximum atomic E-state index is 13.0. The third kappa shape index (κ3) is 4.77. The number of pyridine rings is 1. The van der Waals surface area contributed by atoms with Gasteiger partial charge in [-0.1, -0.05) is 6.07 Å². The molecule has 0 radical (unpaired) electrons. The van der Waals surface area contributed by atoms with Crippen molar-refractivity contribution in [2.75, 3.05) is 27.2 Å². The zero-order chi connectivity index (χ0) is 22.7. The summed E-state index contributed by atoms with van der Waals surface area (Å²) in [4.78, 5) is 33.5. The Morgan fingerprint density at radius 1 is 1.26 bits per heavy atom. The molecule has 1 aliphatic rings. The number of benzene rings is 1. The number of hydrogen-bond donors (Lipinski definition) is 1. The monoisotopic (exact) mass is 423 g/mol. The van der Waals surface area contributed by atoms with Crippen LogP contribution in [0.15, 0.2) is 48.3 Å². The van der Waals surface area contributed by atoms with E-state index in [9.17, 15) is 14.7 Å². The van der Waals surface area contributed by atoms with Gasteiger partial charge in [-0.15, -0.1) is 0 Å². The predicted molar refractivity (Wildman–Crippen MR) is 119 cm³/mol. The van der Waals surface area contributed by atoms with E-state index < -0.39 is 17.7 Å². The van der Waals surface area contributed by atoms with E-state index in [1.807, 2.05) is 51.9 Å². The molecule has 1 atom stereocenters. The zero-order valence-electron chi connectivity index (χ0n) is 18.6. The van der Waals surface area contributed by atoms with Crippen molar-refractivity contribution in [2.45, 2.75) is 32.9 Å². The van der Waals surface area contributed by atoms with Gasteiger partial charge in [0.25, 0.3) is 11.7 Å². The standard InChI is InChI=1S/C24H29N3O4/c1-15(2)31-18-8-9-19(16(3)13-18)22(28)20-21(17-7-6-10-25-14-17)27(12-11-26(4)5)24(30)23(20)29/h6-10,13-15,21,28H,11-12H2,1-5H3/b22-20+. The number of aromatic nitrogens is 1. The molecule has 0 saturated carbocycles. The van der Waals surface area contributed by atoms with Crippen LogP contribution < -0.4 is 4.74 Å². The molecule has 3 rings (SSSR count). The quantitative estimate of drug-likeness (QED) is 0.418. The summed E-state index contributed by atoms with van der Waals surface area (Å²) in [6.45, 7) is 6.65. The zero-order valence-corrected chi connectivity index (χ0v) is 18.6. The molecule has 0 aliphatic carbocycles. The Hall–Kier alpha value is -3.19. The number of likely N-dealkylation sites (tertiary alicyclic amines) is 1. The first-order valence-corrected chi connectivity index (χ1v) is 10.3. The Labute approximate surface area is 183 Å². The first-order valence-electron chi connectivity index (χ1n) is 10.3. The van der Waals surface area contributed by atoms with Crippen molar-refractivity contribution in [3.8, 4) is 5.75 Å². The topological polar surface area (TPSA) is 83.0 Å². The summed E-state index contributed by atoms with van der Waals surface area (Å²) < 4.78 is 5.72. The van der Waals surface area contributed by atoms with E-state index in [0.717, 1.165) is 5.56 Å². The Morgan fingerprint density at radius 2 is 2.00 bits per heavy atom. The van der Waals surface area contributed by atoms with Crippen LogP contribution in [0.2, 0.25) is 0 Å². The van der Waals surface area contributed by atoms with E-state index in [2.05, 4.69) is 4.98 Å². The lowest BCUT2D eigenvalue weighted by Gasteiger charge is -2.26. The van der Waals surface area contributed by atoms with Gasteiger partial charge in [0.2, 0.25) is 0 Å². The molecule has 2 heterocycles. The van der Waals surface area contributed by atoms with Crippen LogP contribution in [0.1, 0.15) is 36.6 Å². The van der Waals surface area contributed by atoms with Crippen LogP contribution in [-0.4, -0.2) is 64.9 Å². The van der Waals surface area contributed by atoms with Gasteiger partial charge >= 0.3 is 0 Å². The second kappa shape index (κ2) is 9.31. The predicted octanol–water partition coefficient (Wildman–Crippen LogP) is 3.16. The van der Waals surface area contributed by atoms with E-state index in [0.29, 0.717) is 30.0 Å². The molecule has 1 aliphatic heterocycles. The summed E-state index contributed by atoms with van der Waals surface area (Å²) in [5, 5.41) is 11.2. The summed E-state index contributed by atoms with van der Waals surface area (Å²) >= 11 is 0. The number of carbonyl (C=O) groups excluding carboxylic acids is 2. The number of ketones is 1. The number of hydrogen-bond acceptors (Lipinski definition) is 6. The van der Waals surface area contributed by atoms with Gasteiger partial charge in [0.1, 0.15) is 11.5 Å². The van der Waals surface area contributed by atoms with Gasteiger partial charge in [0.05, 0.1) is 17.7 Å². The smallest absolute Gasteiger partial charge is 0.295 e. The van der Waals surface area contributed by atoms with Gasteiger partial charge in [-0.05, 0) is 70.3 Å². The highest BCUT2D eigenvalue weighted by Crippen LogP contribution is 2.39. The SMILES string of the molecule is Cc1cc(OC(C)C)ccc1/C(O)=C1\C(=O)C(=O)N(CCN(C)C)C1c1cccnc1. The first-order chi connectivity index (χ1) is 14.7. The van der Waals surface area contributed by atoms with Crippen molar-refractivity contribution in [1.82, 2.24) is 14.8 Å². The number of rotatable bonds is 7. The molecule has 2 aromatic rings. The molecule has 164 valence electrons. The van der Waals surface area contributed by atoms with Gasteiger partial charge in [-0.3, -0.25) is 14.6 Å². The normalized spacial score (nSPS) is 18.3. The molecule has 1 aromatic heterocycles. The van der Waals surface area contributed by atoms with Gasteiger partial charge in [-0.2, -0.15) is 0 Å². The summed E-state index contributed by atoms with van der Waals surface area (Å²) in [5.41, 5.74) is 2.01. The Bertz CT molecular complexity index is 999. The minimum atomic E-state index is -0.695. The van der Waals surface area contributed by atoms with Crippen LogP contribution in [0.3, 0.4) is 0 Å². The van der Waals surface area contributed by atoms with E-state index >= 15 is 0 Å². The van der Waals surface area contributed by atoms with Crippen LogP contribution in [0.5, 0.6) is 5.75 Å². The molecule has 0 spiro atoms. The molecule has 7 heteroatoms. The average molecular weight is 424 g/mol. The maximum absolute atomic E-state index is 13.0. The fraction of sp³-hybridized carbons (Fsp3) is 0.375. The van der Waals surface area contributed by atoms with E-state index in [-0.39, 0.29) is 17.4 Å². The van der Waals surface area contributed by atoms with Crippen molar-refractivity contribution in [2.24, 2.45) is 0 Å². The molecule has 7 nitrogen and oxygen atoms in total. The molecule has 1 aromatic carbocycles. The largest absolute Gasteiger partial charge is 0.507 e. The first kappa shape index (κ1) is 22.5. The molecule has 1 fully saturated rings. The molecular formula is C24H29N3O4. The minimum Gasteiger partial charge on any atom is -0.507 e. The highest BCUT2D eigenvalue weighted by molar-refractivity contribution is 6.46. The molecule has 31 heavy (non-hydrogen) atoms. The van der Waals surface area contributed by atoms with Gasteiger partial charge in [-0.25, -0.2) is 0 Å². The lowest BCUT2D eigenvalue weighted by atomic mass is 9.94. The summed E-state index contributed by atoms with van der Waals surface area (Å²) in [6.07, 6.45) is 3.28. The van der Waals surface area contributed by atoms with Gasteiger partial charge in [0.15, 0.2) is 0 Å². The summed E-state index contributed by atoms with van der Waals surface area (Å²) in [6, 6.07) is 8.16. The lowest BCUT2D eigenvalue weighted by molar-refractivity contribution is -0.140. The molecular weight excluding hydrogens is 394 g/mol. The van der Waals surface area contributed by atoms with Crippen molar-refractivity contribution in [3.63, 3.8) is 0 Å². The Morgan fingerprint density at radius 3 is 2.58 bits per heavy atom. The van der Waals surface area contributed by atoms with Crippen molar-refractivity contribution < 1.29 is 19.4 Å². The van der Waals surface area contributed by atoms with E-state index in [1.54, 1.807) is 30.6 Å². The highest BCUT2D eigenvalue weighted by Gasteiger charge is 2.46. The maximum Gasteiger partial charge on any atom is 0.295 e. The van der Waals surface area contributed by atoms with Crippen LogP contribution in [0.4, 0.5) is 0 Å². The third-order valence-corrected chi connectivity index (χ3v) is 5.15. The van der Waals surface area contributed by atoms with Crippen molar-refractivity contribution >= 4 is 17.4 Å². The number of aryl methyl sites for hydroxylation is 1. The molecule has 1 amide bonds. The number of likely N-dealkylation sites (N-methyl/N-ethyl adjacent to an activating group) is 1. The second-order valence-electron chi connectivity index (χ2n) is 8.23. The van der Waals surface area contributed by atoms with E-state index in [1.165, 1.54) is 4.90 Å². The fourth-order valence-corrected chi connectivity index (χ4v) is 3.70. The molecule has 1 N–H and O–H groups in total. The summed E-state index contributed by atoms with van der Waals surface area (Å²) in [5.74, 6) is -0.811. The Kier molecular flexibility index (Phi) is 6.75. The van der Waals surface area contributed by atoms with E-state index in [4.69, 9.17) is 4.74 Å². The van der Waals surface area contributed by atoms with Crippen LogP contribution in [0, 0.1) is 6.92 Å². The third-order valence-electron chi connectivity index (χ3n) is 5.15. The molecule has 0 bridgehead atoms. The average Bonchev–Trinajstić information content (AvgIpc) is 2.96.